The summed E-state index contributed by atoms with van der Waals surface area (Å²) in [5.41, 5.74) is 1.35. The Morgan fingerprint density at radius 3 is 1.83 bits per heavy atom. The van der Waals surface area contributed by atoms with Gasteiger partial charge in [0.25, 0.3) is 5.97 Å². The Morgan fingerprint density at radius 2 is 1.28 bits per heavy atom. The van der Waals surface area contributed by atoms with E-state index in [2.05, 4.69) is 0 Å². The summed E-state index contributed by atoms with van der Waals surface area (Å²) in [5.74, 6) is -1.95. The minimum absolute atomic E-state index is 0.0915. The highest BCUT2D eigenvalue weighted by Crippen LogP contribution is 2.43. The minimum Gasteiger partial charge on any atom is -0.485 e. The van der Waals surface area contributed by atoms with Gasteiger partial charge in [0, 0.05) is 52.3 Å². The van der Waals surface area contributed by atoms with Crippen LogP contribution in [0.25, 0.3) is 0 Å². The number of esters is 4. The number of carbonyl (C=O) groups excluding carboxylic acids is 4. The van der Waals surface area contributed by atoms with Gasteiger partial charge in [-0.15, -0.1) is 0 Å². The average molecular weight is 502 g/mol. The van der Waals surface area contributed by atoms with E-state index in [1.807, 2.05) is 0 Å². The largest absolute Gasteiger partial charge is 0.485 e. The van der Waals surface area contributed by atoms with Crippen LogP contribution >= 0.6 is 0 Å². The molecule has 192 valence electrons. The molecule has 0 aliphatic carbocycles. The summed E-state index contributed by atoms with van der Waals surface area (Å²) < 4.78 is 26.8. The Kier molecular flexibility index (Phi) is 9.54. The van der Waals surface area contributed by atoms with Crippen LogP contribution in [0.3, 0.4) is 0 Å². The van der Waals surface area contributed by atoms with Crippen molar-refractivity contribution in [3.8, 4) is 28.7 Å². The van der Waals surface area contributed by atoms with E-state index in [9.17, 15) is 19.2 Å². The van der Waals surface area contributed by atoms with E-state index < -0.39 is 36.0 Å². The van der Waals surface area contributed by atoms with E-state index in [0.29, 0.717) is 29.7 Å². The van der Waals surface area contributed by atoms with Crippen molar-refractivity contribution in [3.05, 3.63) is 41.5 Å². The van der Waals surface area contributed by atoms with Crippen molar-refractivity contribution in [3.63, 3.8) is 0 Å². The van der Waals surface area contributed by atoms with Crippen LogP contribution in [0, 0.1) is 0 Å². The monoisotopic (exact) mass is 502 g/mol. The zero-order valence-corrected chi connectivity index (χ0v) is 20.4. The first-order valence-electron chi connectivity index (χ1n) is 10.8. The molecule has 0 aromatic heterocycles. The predicted octanol–water partition coefficient (Wildman–Crippen LogP) is 3.55. The quantitative estimate of drug-likeness (QED) is 0.472. The van der Waals surface area contributed by atoms with Gasteiger partial charge < -0.3 is 28.8 Å². The van der Waals surface area contributed by atoms with Crippen LogP contribution in [0.5, 0.6) is 28.7 Å². The molecule has 0 fully saturated rings. The first-order valence-corrected chi connectivity index (χ1v) is 10.8. The normalized spacial score (nSPS) is 13.5. The predicted molar refractivity (Wildman–Crippen MR) is 123 cm³/mol. The molecule has 36 heavy (non-hydrogen) atoms. The highest BCUT2D eigenvalue weighted by Gasteiger charge is 2.27. The van der Waals surface area contributed by atoms with Gasteiger partial charge in [0.1, 0.15) is 23.4 Å². The van der Waals surface area contributed by atoms with Crippen LogP contribution in [0.15, 0.2) is 30.3 Å². The van der Waals surface area contributed by atoms with E-state index in [1.54, 1.807) is 18.2 Å². The third-order valence-electron chi connectivity index (χ3n) is 4.43. The van der Waals surface area contributed by atoms with Gasteiger partial charge in [-0.05, 0) is 30.5 Å². The number of carbonyl (C=O) groups is 5. The maximum Gasteiger partial charge on any atom is 0.308 e. The number of benzene rings is 2. The number of ether oxygens (including phenoxy) is 5. The summed E-state index contributed by atoms with van der Waals surface area (Å²) in [4.78, 5) is 54.7. The van der Waals surface area contributed by atoms with Crippen LogP contribution in [0.4, 0.5) is 0 Å². The summed E-state index contributed by atoms with van der Waals surface area (Å²) in [6.45, 7) is 6.10. The molecule has 0 spiro atoms. The van der Waals surface area contributed by atoms with Gasteiger partial charge in [0.2, 0.25) is 0 Å². The van der Waals surface area contributed by atoms with Crippen molar-refractivity contribution in [2.75, 3.05) is 0 Å². The summed E-state index contributed by atoms with van der Waals surface area (Å²) in [5, 5.41) is 7.42. The molecule has 11 heteroatoms. The average Bonchev–Trinajstić information content (AvgIpc) is 2.72. The van der Waals surface area contributed by atoms with Crippen LogP contribution in [0.2, 0.25) is 0 Å². The van der Waals surface area contributed by atoms with Crippen LogP contribution in [-0.2, 0) is 30.4 Å². The zero-order valence-electron chi connectivity index (χ0n) is 20.4. The van der Waals surface area contributed by atoms with Gasteiger partial charge in [-0.2, -0.15) is 0 Å². The van der Waals surface area contributed by atoms with E-state index in [4.69, 9.17) is 33.6 Å². The smallest absolute Gasteiger partial charge is 0.308 e. The van der Waals surface area contributed by atoms with Crippen molar-refractivity contribution < 1.29 is 52.8 Å². The fourth-order valence-electron chi connectivity index (χ4n) is 3.34. The van der Waals surface area contributed by atoms with Crippen molar-refractivity contribution in [1.29, 1.82) is 0 Å². The Hall–Kier alpha value is -4.41. The van der Waals surface area contributed by atoms with Gasteiger partial charge in [-0.25, -0.2) is 0 Å². The van der Waals surface area contributed by atoms with E-state index in [-0.39, 0.29) is 23.0 Å². The van der Waals surface area contributed by atoms with Crippen molar-refractivity contribution in [2.45, 2.75) is 53.6 Å². The van der Waals surface area contributed by atoms with Gasteiger partial charge >= 0.3 is 23.9 Å². The lowest BCUT2D eigenvalue weighted by molar-refractivity contribution is -0.135. The van der Waals surface area contributed by atoms with E-state index in [1.165, 1.54) is 39.8 Å². The lowest BCUT2D eigenvalue weighted by atomic mass is 9.96. The van der Waals surface area contributed by atoms with Crippen LogP contribution in [0.1, 0.15) is 58.3 Å². The van der Waals surface area contributed by atoms with Crippen LogP contribution < -0.4 is 23.7 Å². The number of hydrogen-bond acceptors (Lipinski definition) is 10. The molecule has 1 N–H and O–H groups in total. The van der Waals surface area contributed by atoms with E-state index >= 15 is 0 Å². The van der Waals surface area contributed by atoms with Crippen LogP contribution in [-0.4, -0.2) is 35.0 Å². The van der Waals surface area contributed by atoms with Gasteiger partial charge in [0.15, 0.2) is 11.5 Å². The molecule has 1 aliphatic rings. The van der Waals surface area contributed by atoms with E-state index in [0.717, 1.165) is 6.92 Å². The van der Waals surface area contributed by atoms with Gasteiger partial charge in [-0.1, -0.05) is 6.07 Å². The molecule has 2 aromatic rings. The van der Waals surface area contributed by atoms with Crippen molar-refractivity contribution >= 4 is 29.8 Å². The summed E-state index contributed by atoms with van der Waals surface area (Å²) in [7, 11) is 0. The second kappa shape index (κ2) is 12.3. The lowest BCUT2D eigenvalue weighted by Crippen LogP contribution is -2.17. The molecule has 1 heterocycles. The molecule has 3 rings (SSSR count). The zero-order chi connectivity index (χ0) is 27.0. The molecule has 1 unspecified atom stereocenters. The number of carboxylic acids is 1. The molecule has 0 amide bonds. The standard InChI is InChI=1S/C23H22O9.C2H4O2/c1-12(24)28-17-10-21(30-14(3)26)18-6-8-19(32-22(18)11-17)16-5-7-20(29-13(2)25)23(9-16)31-15(4)27;1-2(3)4/h5,7,9-11,19H,6,8H2,1-4H3;1H3,(H,3,4). The summed E-state index contributed by atoms with van der Waals surface area (Å²) >= 11 is 0. The second-order valence-corrected chi connectivity index (χ2v) is 7.64. The molecule has 0 radical (unpaired) electrons. The molecule has 1 atom stereocenters. The Balaban J connectivity index is 0.00000106. The maximum atomic E-state index is 11.5. The highest BCUT2D eigenvalue weighted by atomic mass is 16.6. The fourth-order valence-corrected chi connectivity index (χ4v) is 3.34. The molecular formula is C25H26O11. The number of fused-ring (bicyclic) bond motifs is 1. The molecule has 2 aromatic carbocycles. The third-order valence-corrected chi connectivity index (χ3v) is 4.43. The number of rotatable bonds is 5. The molecule has 0 bridgehead atoms. The molecular weight excluding hydrogens is 476 g/mol. The number of aliphatic carboxylic acids is 1. The first-order chi connectivity index (χ1) is 16.8. The maximum absolute atomic E-state index is 11.5. The fraction of sp³-hybridized carbons (Fsp3) is 0.320. The SMILES string of the molecule is CC(=O)O.CC(=O)Oc1cc(OC(C)=O)c2c(c1)OC(c1ccc(OC(C)=O)c(OC(C)=O)c1)CC2. The molecule has 0 saturated heterocycles. The minimum atomic E-state index is -0.833. The van der Waals surface area contributed by atoms with Crippen molar-refractivity contribution in [2.24, 2.45) is 0 Å². The Morgan fingerprint density at radius 1 is 0.750 bits per heavy atom. The number of carboxylic acid groups (broad SMARTS) is 1. The topological polar surface area (TPSA) is 152 Å². The van der Waals surface area contributed by atoms with Crippen molar-refractivity contribution in [1.82, 2.24) is 0 Å². The molecule has 0 saturated carbocycles. The molecule has 1 aliphatic heterocycles. The van der Waals surface area contributed by atoms with Gasteiger partial charge in [0.05, 0.1) is 0 Å². The Labute approximate surface area is 206 Å². The summed E-state index contributed by atoms with van der Waals surface area (Å²) in [6.07, 6.45) is 0.596. The lowest BCUT2D eigenvalue weighted by Gasteiger charge is -2.28. The number of hydrogen-bond donors (Lipinski definition) is 1. The third kappa shape index (κ3) is 8.42. The Bertz CT molecular complexity index is 1180. The summed E-state index contributed by atoms with van der Waals surface area (Å²) in [6, 6.07) is 7.81. The highest BCUT2D eigenvalue weighted by molar-refractivity contribution is 5.74. The first kappa shape index (κ1) is 27.8. The second-order valence-electron chi connectivity index (χ2n) is 7.64. The molecule has 11 nitrogen and oxygen atoms in total. The van der Waals surface area contributed by atoms with Gasteiger partial charge in [-0.3, -0.25) is 24.0 Å².